The van der Waals surface area contributed by atoms with Crippen molar-refractivity contribution in [3.8, 4) is 0 Å². The summed E-state index contributed by atoms with van der Waals surface area (Å²) in [5.74, 6) is 0.668. The Morgan fingerprint density at radius 1 is 1.28 bits per heavy atom. The zero-order chi connectivity index (χ0) is 13.0. The molecule has 0 amide bonds. The van der Waals surface area contributed by atoms with Crippen LogP contribution < -0.4 is 5.73 Å². The zero-order valence-electron chi connectivity index (χ0n) is 10.1. The van der Waals surface area contributed by atoms with E-state index in [4.69, 9.17) is 5.73 Å². The lowest BCUT2D eigenvalue weighted by Crippen LogP contribution is -2.13. The summed E-state index contributed by atoms with van der Waals surface area (Å²) in [6.07, 6.45) is 2.75. The molecule has 0 fully saturated rings. The Bertz CT molecular complexity index is 513. The second-order valence-electron chi connectivity index (χ2n) is 3.88. The second-order valence-corrected chi connectivity index (χ2v) is 5.21. The van der Waals surface area contributed by atoms with Gasteiger partial charge in [-0.15, -0.1) is 11.8 Å². The topological polar surface area (TPSA) is 38.9 Å². The van der Waals surface area contributed by atoms with E-state index in [-0.39, 0.29) is 5.82 Å². The lowest BCUT2D eigenvalue weighted by atomic mass is 10.0. The fraction of sp³-hybridized carbons (Fsp3) is 0.214. The van der Waals surface area contributed by atoms with Crippen LogP contribution in [0.1, 0.15) is 24.1 Å². The highest BCUT2D eigenvalue weighted by Gasteiger charge is 2.13. The summed E-state index contributed by atoms with van der Waals surface area (Å²) in [6.45, 7) is 2.11. The maximum Gasteiger partial charge on any atom is 0.146 e. The average molecular weight is 262 g/mol. The summed E-state index contributed by atoms with van der Waals surface area (Å²) in [6, 6.07) is 9.10. The quantitative estimate of drug-likeness (QED) is 0.858. The Kier molecular flexibility index (Phi) is 4.33. The molecule has 2 nitrogen and oxygen atoms in total. The van der Waals surface area contributed by atoms with Crippen molar-refractivity contribution in [3.05, 3.63) is 59.7 Å². The van der Waals surface area contributed by atoms with E-state index in [0.717, 1.165) is 11.3 Å². The molecule has 0 aliphatic heterocycles. The maximum atomic E-state index is 13.6. The highest BCUT2D eigenvalue weighted by atomic mass is 32.2. The van der Waals surface area contributed by atoms with E-state index in [1.807, 2.05) is 24.3 Å². The van der Waals surface area contributed by atoms with Crippen molar-refractivity contribution in [3.63, 3.8) is 0 Å². The first-order chi connectivity index (χ1) is 8.72. The molecule has 0 radical (unpaired) electrons. The van der Waals surface area contributed by atoms with Crippen LogP contribution in [-0.4, -0.2) is 10.7 Å². The molecule has 0 aliphatic rings. The minimum atomic E-state index is -0.450. The van der Waals surface area contributed by atoms with E-state index in [9.17, 15) is 4.39 Å². The van der Waals surface area contributed by atoms with Crippen molar-refractivity contribution in [1.29, 1.82) is 0 Å². The third-order valence-electron chi connectivity index (χ3n) is 2.69. The molecule has 2 N–H and O–H groups in total. The van der Waals surface area contributed by atoms with Crippen LogP contribution >= 0.6 is 11.8 Å². The largest absolute Gasteiger partial charge is 0.320 e. The summed E-state index contributed by atoms with van der Waals surface area (Å²) in [5, 5.41) is 0. The van der Waals surface area contributed by atoms with Gasteiger partial charge in [-0.05, 0) is 29.5 Å². The van der Waals surface area contributed by atoms with Gasteiger partial charge in [-0.3, -0.25) is 4.98 Å². The number of halogens is 1. The van der Waals surface area contributed by atoms with Crippen LogP contribution in [0.4, 0.5) is 4.39 Å². The molecule has 1 unspecified atom stereocenters. The van der Waals surface area contributed by atoms with E-state index in [0.29, 0.717) is 5.56 Å². The first-order valence-electron chi connectivity index (χ1n) is 5.80. The highest BCUT2D eigenvalue weighted by molar-refractivity contribution is 7.99. The minimum Gasteiger partial charge on any atom is -0.320 e. The number of nitrogens with zero attached hydrogens (tertiary/aromatic N) is 1. The van der Waals surface area contributed by atoms with Crippen LogP contribution in [0.2, 0.25) is 0 Å². The monoisotopic (exact) mass is 262 g/mol. The first-order valence-corrected chi connectivity index (χ1v) is 6.78. The fourth-order valence-corrected chi connectivity index (χ4v) is 2.42. The first kappa shape index (κ1) is 13.1. The van der Waals surface area contributed by atoms with Crippen LogP contribution in [0.25, 0.3) is 0 Å². The van der Waals surface area contributed by atoms with E-state index in [1.165, 1.54) is 11.1 Å². The van der Waals surface area contributed by atoms with Crippen LogP contribution in [0.3, 0.4) is 0 Å². The average Bonchev–Trinajstić information content (AvgIpc) is 2.40. The molecular weight excluding hydrogens is 247 g/mol. The molecule has 0 saturated heterocycles. The molecule has 0 saturated carbocycles. The van der Waals surface area contributed by atoms with Crippen LogP contribution in [0.15, 0.2) is 47.6 Å². The molecular formula is C14H15FN2S. The van der Waals surface area contributed by atoms with Gasteiger partial charge in [0.25, 0.3) is 0 Å². The molecule has 18 heavy (non-hydrogen) atoms. The Hall–Kier alpha value is -1.39. The number of thioether (sulfide) groups is 1. The smallest absolute Gasteiger partial charge is 0.146 e. The van der Waals surface area contributed by atoms with E-state index >= 15 is 0 Å². The normalized spacial score (nSPS) is 12.4. The van der Waals surface area contributed by atoms with Crippen molar-refractivity contribution >= 4 is 11.8 Å². The Morgan fingerprint density at radius 2 is 2.00 bits per heavy atom. The van der Waals surface area contributed by atoms with Crippen molar-refractivity contribution in [2.24, 2.45) is 5.73 Å². The van der Waals surface area contributed by atoms with Gasteiger partial charge in [-0.1, -0.05) is 19.1 Å². The molecule has 0 aliphatic carbocycles. The van der Waals surface area contributed by atoms with E-state index in [1.54, 1.807) is 24.0 Å². The number of rotatable bonds is 4. The lowest BCUT2D eigenvalue weighted by Gasteiger charge is -2.13. The maximum absolute atomic E-state index is 13.6. The molecule has 4 heteroatoms. The number of pyridine rings is 1. The minimum absolute atomic E-state index is 0.364. The van der Waals surface area contributed by atoms with Crippen molar-refractivity contribution in [1.82, 2.24) is 4.98 Å². The van der Waals surface area contributed by atoms with Gasteiger partial charge in [0.1, 0.15) is 5.82 Å². The van der Waals surface area contributed by atoms with Gasteiger partial charge >= 0.3 is 0 Å². The van der Waals surface area contributed by atoms with E-state index in [2.05, 4.69) is 11.9 Å². The van der Waals surface area contributed by atoms with Gasteiger partial charge < -0.3 is 5.73 Å². The number of hydrogen-bond acceptors (Lipinski definition) is 3. The Labute approximate surface area is 110 Å². The highest BCUT2D eigenvalue weighted by Crippen LogP contribution is 2.24. The molecule has 1 atom stereocenters. The summed E-state index contributed by atoms with van der Waals surface area (Å²) in [5.41, 5.74) is 7.44. The number of nitrogens with two attached hydrogens (primary N) is 1. The number of hydrogen-bond donors (Lipinski definition) is 1. The van der Waals surface area contributed by atoms with Gasteiger partial charge in [-0.2, -0.15) is 0 Å². The molecule has 0 bridgehead atoms. The predicted octanol–water partition coefficient (Wildman–Crippen LogP) is 3.38. The Balaban J connectivity index is 2.23. The van der Waals surface area contributed by atoms with Crippen molar-refractivity contribution in [2.45, 2.75) is 17.9 Å². The van der Waals surface area contributed by atoms with E-state index < -0.39 is 6.04 Å². The second kappa shape index (κ2) is 5.98. The van der Waals surface area contributed by atoms with Gasteiger partial charge in [0.2, 0.25) is 0 Å². The molecule has 1 aromatic carbocycles. The fourth-order valence-electron chi connectivity index (χ4n) is 1.76. The predicted molar refractivity (Wildman–Crippen MR) is 73.1 cm³/mol. The van der Waals surface area contributed by atoms with Gasteiger partial charge in [-0.25, -0.2) is 4.39 Å². The van der Waals surface area contributed by atoms with Gasteiger partial charge in [0, 0.05) is 16.7 Å². The summed E-state index contributed by atoms with van der Waals surface area (Å²) >= 11 is 1.77. The molecule has 0 spiro atoms. The molecule has 2 aromatic rings. The summed E-state index contributed by atoms with van der Waals surface area (Å²) in [7, 11) is 0. The molecule has 1 heterocycles. The SMILES string of the molecule is CCSc1ccc(C(N)c2ccncc2F)cc1. The number of benzene rings is 1. The standard InChI is InChI=1S/C14H15FN2S/c1-2-18-11-5-3-10(4-6-11)14(16)12-7-8-17-9-13(12)15/h3-9,14H,2,16H2,1H3. The molecule has 94 valence electrons. The van der Waals surface area contributed by atoms with Crippen LogP contribution in [0.5, 0.6) is 0 Å². The molecule has 1 aromatic heterocycles. The van der Waals surface area contributed by atoms with Crippen LogP contribution in [-0.2, 0) is 0 Å². The summed E-state index contributed by atoms with van der Waals surface area (Å²) in [4.78, 5) is 4.92. The summed E-state index contributed by atoms with van der Waals surface area (Å²) < 4.78 is 13.6. The third-order valence-corrected chi connectivity index (χ3v) is 3.58. The van der Waals surface area contributed by atoms with Crippen molar-refractivity contribution < 1.29 is 4.39 Å². The third kappa shape index (κ3) is 2.89. The lowest BCUT2D eigenvalue weighted by molar-refractivity contribution is 0.593. The molecule has 2 rings (SSSR count). The number of aromatic nitrogens is 1. The van der Waals surface area contributed by atoms with Crippen molar-refractivity contribution in [2.75, 3.05) is 5.75 Å². The zero-order valence-corrected chi connectivity index (χ0v) is 11.0. The van der Waals surface area contributed by atoms with Gasteiger partial charge in [0.15, 0.2) is 0 Å². The Morgan fingerprint density at radius 3 is 2.61 bits per heavy atom. The van der Waals surface area contributed by atoms with Crippen LogP contribution in [0, 0.1) is 5.82 Å². The van der Waals surface area contributed by atoms with Gasteiger partial charge in [0.05, 0.1) is 12.2 Å².